The molecule has 0 atom stereocenters. The average molecular weight is 524 g/mol. The van der Waals surface area contributed by atoms with Gasteiger partial charge in [-0.2, -0.15) is 18.3 Å². The molecule has 0 radical (unpaired) electrons. The second-order valence-corrected chi connectivity index (χ2v) is 9.26. The molecule has 8 nitrogen and oxygen atoms in total. The van der Waals surface area contributed by atoms with Crippen LogP contribution in [0.15, 0.2) is 61.1 Å². The fraction of sp³-hybridized carbons (Fsp3) is 0.296. The van der Waals surface area contributed by atoms with Gasteiger partial charge >= 0.3 is 12.2 Å². The molecule has 2 amide bonds. The number of rotatable bonds is 5. The van der Waals surface area contributed by atoms with Crippen LogP contribution >= 0.6 is 0 Å². The predicted molar refractivity (Wildman–Crippen MR) is 142 cm³/mol. The first-order valence-electron chi connectivity index (χ1n) is 12.4. The van der Waals surface area contributed by atoms with Gasteiger partial charge < -0.3 is 20.4 Å². The summed E-state index contributed by atoms with van der Waals surface area (Å²) in [5, 5.41) is 10.7. The zero-order valence-corrected chi connectivity index (χ0v) is 21.1. The molecule has 1 aliphatic rings. The number of hydrogen-bond acceptors (Lipinski definition) is 5. The smallest absolute Gasteiger partial charge is 0.367 e. The molecule has 3 heterocycles. The van der Waals surface area contributed by atoms with Crippen LogP contribution in [0.25, 0.3) is 22.0 Å². The number of pyridine rings is 1. The Bertz CT molecular complexity index is 1440. The van der Waals surface area contributed by atoms with Gasteiger partial charge in [0.15, 0.2) is 0 Å². The maximum atomic E-state index is 13.4. The number of hydrogen-bond donors (Lipinski definition) is 2. The van der Waals surface area contributed by atoms with Gasteiger partial charge in [0, 0.05) is 55.6 Å². The van der Waals surface area contributed by atoms with E-state index >= 15 is 0 Å². The standard InChI is InChI=1S/C27H28F3N7O/c1-3-37-25-17-31-15-21(22(25)16-32-37)18-4-7-20(8-5-18)33-26(38)34-23-14-19(27(28,29)30)6-9-24(23)36-12-10-35(2)11-13-36/h4-9,14-17H,3,10-13H2,1-2H3,(H2,33,34,38). The minimum Gasteiger partial charge on any atom is -0.367 e. The van der Waals surface area contributed by atoms with Crippen LogP contribution in [0.4, 0.5) is 35.0 Å². The van der Waals surface area contributed by atoms with E-state index in [1.165, 1.54) is 6.07 Å². The first-order valence-corrected chi connectivity index (χ1v) is 12.4. The lowest BCUT2D eigenvalue weighted by molar-refractivity contribution is -0.137. The molecular formula is C27H28F3N7O. The SMILES string of the molecule is CCn1ncc2c(-c3ccc(NC(=O)Nc4cc(C(F)(F)F)ccc4N4CCN(C)CC4)cc3)cncc21. The summed E-state index contributed by atoms with van der Waals surface area (Å²) in [6.45, 7) is 5.60. The van der Waals surface area contributed by atoms with Crippen molar-refractivity contribution in [3.8, 4) is 11.1 Å². The molecule has 2 aromatic carbocycles. The van der Waals surface area contributed by atoms with Gasteiger partial charge in [0.05, 0.1) is 34.8 Å². The second kappa shape index (κ2) is 10.3. The number of urea groups is 1. The predicted octanol–water partition coefficient (Wildman–Crippen LogP) is 5.53. The monoisotopic (exact) mass is 523 g/mol. The first-order chi connectivity index (χ1) is 18.2. The fourth-order valence-electron chi connectivity index (χ4n) is 4.63. The third-order valence-electron chi connectivity index (χ3n) is 6.74. The van der Waals surface area contributed by atoms with Gasteiger partial charge in [-0.3, -0.25) is 9.67 Å². The largest absolute Gasteiger partial charge is 0.416 e. The van der Waals surface area contributed by atoms with Crippen LogP contribution in [0.5, 0.6) is 0 Å². The third-order valence-corrected chi connectivity index (χ3v) is 6.74. The lowest BCUT2D eigenvalue weighted by atomic mass is 10.0. The topological polar surface area (TPSA) is 78.3 Å². The van der Waals surface area contributed by atoms with Crippen molar-refractivity contribution in [2.75, 3.05) is 48.8 Å². The number of anilines is 3. The number of nitrogens with one attached hydrogen (secondary N) is 2. The number of nitrogens with zero attached hydrogens (tertiary/aromatic N) is 5. The quantitative estimate of drug-likeness (QED) is 0.360. The van der Waals surface area contributed by atoms with Crippen molar-refractivity contribution in [3.63, 3.8) is 0 Å². The number of alkyl halides is 3. The fourth-order valence-corrected chi connectivity index (χ4v) is 4.63. The van der Waals surface area contributed by atoms with Gasteiger partial charge in [-0.05, 0) is 49.9 Å². The number of carbonyl (C=O) groups excluding carboxylic acids is 1. The zero-order valence-electron chi connectivity index (χ0n) is 21.1. The molecule has 0 saturated carbocycles. The van der Waals surface area contributed by atoms with Crippen LogP contribution in [-0.2, 0) is 12.7 Å². The molecule has 38 heavy (non-hydrogen) atoms. The van der Waals surface area contributed by atoms with Crippen LogP contribution in [-0.4, -0.2) is 58.9 Å². The highest BCUT2D eigenvalue weighted by Gasteiger charge is 2.32. The van der Waals surface area contributed by atoms with E-state index in [1.54, 1.807) is 24.5 Å². The van der Waals surface area contributed by atoms with Crippen molar-refractivity contribution in [2.45, 2.75) is 19.6 Å². The molecule has 0 aliphatic carbocycles. The maximum Gasteiger partial charge on any atom is 0.416 e. The summed E-state index contributed by atoms with van der Waals surface area (Å²) < 4.78 is 42.1. The Labute approximate surface area is 218 Å². The summed E-state index contributed by atoms with van der Waals surface area (Å²) >= 11 is 0. The Kier molecular flexibility index (Phi) is 6.94. The van der Waals surface area contributed by atoms with Crippen molar-refractivity contribution in [2.24, 2.45) is 0 Å². The molecule has 0 bridgehead atoms. The van der Waals surface area contributed by atoms with Gasteiger partial charge in [0.25, 0.3) is 0 Å². The molecule has 2 aromatic heterocycles. The van der Waals surface area contributed by atoms with Crippen molar-refractivity contribution in [1.82, 2.24) is 19.7 Å². The molecule has 5 rings (SSSR count). The minimum absolute atomic E-state index is 0.115. The van der Waals surface area contributed by atoms with E-state index < -0.39 is 17.8 Å². The van der Waals surface area contributed by atoms with Crippen LogP contribution in [0, 0.1) is 0 Å². The lowest BCUT2D eigenvalue weighted by Crippen LogP contribution is -2.44. The summed E-state index contributed by atoms with van der Waals surface area (Å²) in [6, 6.07) is 10.0. The number of halogens is 3. The molecule has 0 spiro atoms. The number of benzene rings is 2. The molecule has 2 N–H and O–H groups in total. The Hall–Kier alpha value is -4.12. The summed E-state index contributed by atoms with van der Waals surface area (Å²) in [6.07, 6.45) is 0.837. The van der Waals surface area contributed by atoms with E-state index in [4.69, 9.17) is 0 Å². The number of likely N-dealkylation sites (N-methyl/N-ethyl adjacent to an activating group) is 1. The second-order valence-electron chi connectivity index (χ2n) is 9.26. The lowest BCUT2D eigenvalue weighted by Gasteiger charge is -2.35. The summed E-state index contributed by atoms with van der Waals surface area (Å²) in [5.74, 6) is 0. The normalized spacial score (nSPS) is 14.6. The van der Waals surface area contributed by atoms with Crippen molar-refractivity contribution < 1.29 is 18.0 Å². The summed E-state index contributed by atoms with van der Waals surface area (Å²) in [4.78, 5) is 21.3. The molecular weight excluding hydrogens is 495 g/mol. The number of piperazine rings is 1. The van der Waals surface area contributed by atoms with Gasteiger partial charge in [0.2, 0.25) is 0 Å². The van der Waals surface area contributed by atoms with Gasteiger partial charge in [-0.15, -0.1) is 0 Å². The van der Waals surface area contributed by atoms with Gasteiger partial charge in [-0.25, -0.2) is 4.79 Å². The molecule has 1 fully saturated rings. The number of fused-ring (bicyclic) bond motifs is 1. The zero-order chi connectivity index (χ0) is 26.9. The van der Waals surface area contributed by atoms with Crippen molar-refractivity contribution >= 4 is 34.0 Å². The minimum atomic E-state index is -4.52. The van der Waals surface area contributed by atoms with E-state index in [0.29, 0.717) is 24.5 Å². The number of aromatic nitrogens is 3. The molecule has 1 saturated heterocycles. The molecule has 4 aromatic rings. The van der Waals surface area contributed by atoms with E-state index in [2.05, 4.69) is 25.6 Å². The molecule has 1 aliphatic heterocycles. The van der Waals surface area contributed by atoms with E-state index in [9.17, 15) is 18.0 Å². The van der Waals surface area contributed by atoms with Crippen LogP contribution in [0.1, 0.15) is 12.5 Å². The van der Waals surface area contributed by atoms with Gasteiger partial charge in [-0.1, -0.05) is 12.1 Å². The van der Waals surface area contributed by atoms with Crippen LogP contribution in [0.2, 0.25) is 0 Å². The maximum absolute atomic E-state index is 13.4. The number of amides is 2. The third kappa shape index (κ3) is 5.28. The Morgan fingerprint density at radius 3 is 2.39 bits per heavy atom. The van der Waals surface area contributed by atoms with Crippen molar-refractivity contribution in [3.05, 3.63) is 66.6 Å². The van der Waals surface area contributed by atoms with Crippen LogP contribution < -0.4 is 15.5 Å². The van der Waals surface area contributed by atoms with E-state index in [-0.39, 0.29) is 5.69 Å². The summed E-state index contributed by atoms with van der Waals surface area (Å²) in [7, 11) is 2.00. The van der Waals surface area contributed by atoms with E-state index in [1.807, 2.05) is 41.9 Å². The molecule has 198 valence electrons. The molecule has 0 unspecified atom stereocenters. The Balaban J connectivity index is 1.34. The first kappa shape index (κ1) is 25.5. The highest BCUT2D eigenvalue weighted by atomic mass is 19.4. The Morgan fingerprint density at radius 1 is 0.974 bits per heavy atom. The highest BCUT2D eigenvalue weighted by Crippen LogP contribution is 2.36. The average Bonchev–Trinajstić information content (AvgIpc) is 3.33. The van der Waals surface area contributed by atoms with Crippen molar-refractivity contribution in [1.29, 1.82) is 0 Å². The summed E-state index contributed by atoms with van der Waals surface area (Å²) in [5.41, 5.74) is 3.12. The Morgan fingerprint density at radius 2 is 1.71 bits per heavy atom. The highest BCUT2D eigenvalue weighted by molar-refractivity contribution is 6.02. The molecule has 11 heteroatoms. The van der Waals surface area contributed by atoms with Crippen LogP contribution in [0.3, 0.4) is 0 Å². The number of carbonyl (C=O) groups is 1. The van der Waals surface area contributed by atoms with E-state index in [0.717, 1.165) is 53.8 Å². The number of aryl methyl sites for hydroxylation is 1. The van der Waals surface area contributed by atoms with Gasteiger partial charge in [0.1, 0.15) is 0 Å².